The molecule has 1 aromatic rings. The van der Waals surface area contributed by atoms with Crippen LogP contribution in [0.15, 0.2) is 6.07 Å². The number of rotatable bonds is 2. The summed E-state index contributed by atoms with van der Waals surface area (Å²) in [6.45, 7) is 3.67. The molecule has 25 heavy (non-hydrogen) atoms. The van der Waals surface area contributed by atoms with Gasteiger partial charge in [-0.05, 0) is 56.6 Å². The molecular formula is C20H28N2O2S. The normalized spacial score (nSPS) is 24.1. The SMILES string of the molecule is O=C(c1cc2c(s1)CC[C@H](C(=O)N1CCCC1)C2)N1CCCCCC1. The van der Waals surface area contributed by atoms with Gasteiger partial charge in [-0.2, -0.15) is 0 Å². The van der Waals surface area contributed by atoms with Crippen LogP contribution in [-0.2, 0) is 17.6 Å². The highest BCUT2D eigenvalue weighted by molar-refractivity contribution is 7.14. The number of hydrogen-bond acceptors (Lipinski definition) is 3. The maximum atomic E-state index is 12.9. The first-order valence-electron chi connectivity index (χ1n) is 9.92. The minimum atomic E-state index is 0.126. The first-order chi connectivity index (χ1) is 12.2. The van der Waals surface area contributed by atoms with Crippen LogP contribution < -0.4 is 0 Å². The molecule has 4 nitrogen and oxygen atoms in total. The third-order valence-corrected chi connectivity index (χ3v) is 7.18. The van der Waals surface area contributed by atoms with Crippen LogP contribution in [0.5, 0.6) is 0 Å². The van der Waals surface area contributed by atoms with Gasteiger partial charge in [-0.25, -0.2) is 0 Å². The quantitative estimate of drug-likeness (QED) is 0.810. The van der Waals surface area contributed by atoms with Gasteiger partial charge in [0.2, 0.25) is 5.91 Å². The summed E-state index contributed by atoms with van der Waals surface area (Å²) in [6.07, 6.45) is 9.77. The van der Waals surface area contributed by atoms with Crippen molar-refractivity contribution in [2.75, 3.05) is 26.2 Å². The number of likely N-dealkylation sites (tertiary alicyclic amines) is 2. The fourth-order valence-electron chi connectivity index (χ4n) is 4.47. The van der Waals surface area contributed by atoms with E-state index in [4.69, 9.17) is 0 Å². The fourth-order valence-corrected chi connectivity index (χ4v) is 5.64. The van der Waals surface area contributed by atoms with Gasteiger partial charge >= 0.3 is 0 Å². The molecule has 3 aliphatic rings. The van der Waals surface area contributed by atoms with E-state index < -0.39 is 0 Å². The Kier molecular flexibility index (Phi) is 5.11. The largest absolute Gasteiger partial charge is 0.342 e. The minimum Gasteiger partial charge on any atom is -0.342 e. The predicted octanol–water partition coefficient (Wildman–Crippen LogP) is 3.49. The lowest BCUT2D eigenvalue weighted by atomic mass is 9.87. The predicted molar refractivity (Wildman–Crippen MR) is 100 cm³/mol. The van der Waals surface area contributed by atoms with Crippen molar-refractivity contribution >= 4 is 23.2 Å². The molecule has 1 aromatic heterocycles. The number of amides is 2. The van der Waals surface area contributed by atoms with E-state index in [0.29, 0.717) is 5.91 Å². The van der Waals surface area contributed by atoms with Crippen molar-refractivity contribution in [3.05, 3.63) is 21.4 Å². The molecule has 0 aromatic carbocycles. The number of fused-ring (bicyclic) bond motifs is 1. The summed E-state index contributed by atoms with van der Waals surface area (Å²) in [5, 5.41) is 0. The van der Waals surface area contributed by atoms with Crippen LogP contribution in [0, 0.1) is 5.92 Å². The lowest BCUT2D eigenvalue weighted by Gasteiger charge is -2.26. The molecule has 0 bridgehead atoms. The molecule has 0 spiro atoms. The average molecular weight is 361 g/mol. The van der Waals surface area contributed by atoms with Gasteiger partial charge in [0.15, 0.2) is 0 Å². The van der Waals surface area contributed by atoms with Crippen molar-refractivity contribution in [2.45, 2.75) is 57.8 Å². The standard InChI is InChI=1S/C20H28N2O2S/c23-19(21-11-5-6-12-21)15-7-8-17-16(13-15)14-18(25-17)20(24)22-9-3-1-2-4-10-22/h14-15H,1-13H2/t15-/m0/s1. The second kappa shape index (κ2) is 7.48. The zero-order chi connectivity index (χ0) is 17.2. The maximum absolute atomic E-state index is 12.9. The van der Waals surface area contributed by atoms with Crippen molar-refractivity contribution in [2.24, 2.45) is 5.92 Å². The highest BCUT2D eigenvalue weighted by atomic mass is 32.1. The van der Waals surface area contributed by atoms with Gasteiger partial charge in [0.25, 0.3) is 5.91 Å². The number of hydrogen-bond donors (Lipinski definition) is 0. The lowest BCUT2D eigenvalue weighted by molar-refractivity contribution is -0.134. The smallest absolute Gasteiger partial charge is 0.263 e. The van der Waals surface area contributed by atoms with Crippen molar-refractivity contribution < 1.29 is 9.59 Å². The highest BCUT2D eigenvalue weighted by Crippen LogP contribution is 2.34. The molecule has 5 heteroatoms. The topological polar surface area (TPSA) is 40.6 Å². The van der Waals surface area contributed by atoms with E-state index in [0.717, 1.165) is 76.0 Å². The van der Waals surface area contributed by atoms with Crippen molar-refractivity contribution in [1.29, 1.82) is 0 Å². The summed E-state index contributed by atoms with van der Waals surface area (Å²) in [5.41, 5.74) is 1.26. The monoisotopic (exact) mass is 360 g/mol. The fraction of sp³-hybridized carbons (Fsp3) is 0.700. The van der Waals surface area contributed by atoms with Crippen LogP contribution in [0.1, 0.15) is 65.1 Å². The van der Waals surface area contributed by atoms with E-state index in [9.17, 15) is 9.59 Å². The minimum absolute atomic E-state index is 0.126. The zero-order valence-electron chi connectivity index (χ0n) is 15.0. The van der Waals surface area contributed by atoms with Gasteiger partial charge in [0.1, 0.15) is 0 Å². The lowest BCUT2D eigenvalue weighted by Crippen LogP contribution is -2.36. The summed E-state index contributed by atoms with van der Waals surface area (Å²) in [7, 11) is 0. The van der Waals surface area contributed by atoms with Crippen LogP contribution in [0.3, 0.4) is 0 Å². The van der Waals surface area contributed by atoms with Gasteiger partial charge in [-0.15, -0.1) is 11.3 Å². The average Bonchev–Trinajstić information content (AvgIpc) is 3.23. The molecule has 2 fully saturated rings. The van der Waals surface area contributed by atoms with Crippen molar-refractivity contribution in [3.8, 4) is 0 Å². The Bertz CT molecular complexity index is 640. The summed E-state index contributed by atoms with van der Waals surface area (Å²) in [5.74, 6) is 0.680. The molecule has 1 atom stereocenters. The van der Waals surface area contributed by atoms with Gasteiger partial charge in [-0.1, -0.05) is 12.8 Å². The Morgan fingerprint density at radius 3 is 2.28 bits per heavy atom. The molecule has 4 rings (SSSR count). The van der Waals surface area contributed by atoms with Crippen LogP contribution in [-0.4, -0.2) is 47.8 Å². The molecular weight excluding hydrogens is 332 g/mol. The third kappa shape index (κ3) is 3.62. The second-order valence-corrected chi connectivity index (χ2v) is 8.87. The first kappa shape index (κ1) is 17.1. The Balaban J connectivity index is 1.44. The van der Waals surface area contributed by atoms with Gasteiger partial charge in [0, 0.05) is 37.0 Å². The molecule has 3 heterocycles. The summed E-state index contributed by atoms with van der Waals surface area (Å²) < 4.78 is 0. The van der Waals surface area contributed by atoms with Gasteiger partial charge in [-0.3, -0.25) is 9.59 Å². The Hall–Kier alpha value is -1.36. The molecule has 2 saturated heterocycles. The molecule has 0 saturated carbocycles. The highest BCUT2D eigenvalue weighted by Gasteiger charge is 2.31. The van der Waals surface area contributed by atoms with Crippen LogP contribution in [0.25, 0.3) is 0 Å². The Morgan fingerprint density at radius 2 is 1.56 bits per heavy atom. The van der Waals surface area contributed by atoms with E-state index in [1.807, 2.05) is 9.80 Å². The zero-order valence-corrected chi connectivity index (χ0v) is 15.8. The second-order valence-electron chi connectivity index (χ2n) is 7.74. The summed E-state index contributed by atoms with van der Waals surface area (Å²) >= 11 is 1.67. The number of thiophene rings is 1. The van der Waals surface area contributed by atoms with E-state index in [1.54, 1.807) is 11.3 Å². The number of carbonyl (C=O) groups is 2. The van der Waals surface area contributed by atoms with Gasteiger partial charge in [0.05, 0.1) is 4.88 Å². The number of nitrogens with zero attached hydrogens (tertiary/aromatic N) is 2. The summed E-state index contributed by atoms with van der Waals surface area (Å²) in [4.78, 5) is 31.9. The van der Waals surface area contributed by atoms with Crippen LogP contribution >= 0.6 is 11.3 Å². The van der Waals surface area contributed by atoms with Crippen LogP contribution in [0.4, 0.5) is 0 Å². The molecule has 2 amide bonds. The van der Waals surface area contributed by atoms with Crippen molar-refractivity contribution in [1.82, 2.24) is 9.80 Å². The molecule has 136 valence electrons. The van der Waals surface area contributed by atoms with Crippen LogP contribution in [0.2, 0.25) is 0 Å². The third-order valence-electron chi connectivity index (χ3n) is 5.95. The number of carbonyl (C=O) groups excluding carboxylic acids is 2. The van der Waals surface area contributed by atoms with E-state index in [2.05, 4.69) is 6.07 Å². The van der Waals surface area contributed by atoms with E-state index in [-0.39, 0.29) is 11.8 Å². The van der Waals surface area contributed by atoms with E-state index >= 15 is 0 Å². The molecule has 0 N–H and O–H groups in total. The number of aryl methyl sites for hydroxylation is 1. The molecule has 0 unspecified atom stereocenters. The van der Waals surface area contributed by atoms with Crippen molar-refractivity contribution in [3.63, 3.8) is 0 Å². The van der Waals surface area contributed by atoms with E-state index in [1.165, 1.54) is 23.3 Å². The molecule has 1 aliphatic carbocycles. The Morgan fingerprint density at radius 1 is 0.920 bits per heavy atom. The Labute approximate surface area is 154 Å². The van der Waals surface area contributed by atoms with Gasteiger partial charge < -0.3 is 9.80 Å². The summed E-state index contributed by atoms with van der Waals surface area (Å²) in [6, 6.07) is 2.09. The molecule has 2 aliphatic heterocycles. The molecule has 0 radical (unpaired) electrons. The first-order valence-corrected chi connectivity index (χ1v) is 10.7. The maximum Gasteiger partial charge on any atom is 0.263 e.